The molecule has 2 fully saturated rings. The summed E-state index contributed by atoms with van der Waals surface area (Å²) < 4.78 is 25.6. The van der Waals surface area contributed by atoms with E-state index in [-0.39, 0.29) is 10.8 Å². The Labute approximate surface area is 156 Å². The Hall–Kier alpha value is -1.44. The van der Waals surface area contributed by atoms with Crippen molar-refractivity contribution in [3.8, 4) is 0 Å². The lowest BCUT2D eigenvalue weighted by atomic mass is 9.75. The lowest BCUT2D eigenvalue weighted by Crippen LogP contribution is -3.15. The molecule has 1 unspecified atom stereocenters. The van der Waals surface area contributed by atoms with Crippen molar-refractivity contribution in [1.29, 1.82) is 0 Å². The number of nitrogens with one attached hydrogen (secondary N) is 2. The van der Waals surface area contributed by atoms with E-state index in [2.05, 4.69) is 5.32 Å². The standard InChI is InChI=1S/C19H29N3O3S/c1-21(2)26(24,25)18-9-5-8-17(12-18)20-19(23)14-22-11-10-15-6-3-4-7-16(15)13-22/h5,8-9,12,15-16H,3-4,6-7,10-11,13-14H2,1-2H3,(H,20,23)/p+1/t15-,16-/m1/s1. The van der Waals surface area contributed by atoms with Gasteiger partial charge in [0, 0.05) is 25.7 Å². The summed E-state index contributed by atoms with van der Waals surface area (Å²) in [7, 11) is -0.501. The molecule has 1 heterocycles. The lowest BCUT2D eigenvalue weighted by Gasteiger charge is -2.38. The van der Waals surface area contributed by atoms with Gasteiger partial charge in [0.2, 0.25) is 10.0 Å². The van der Waals surface area contributed by atoms with Gasteiger partial charge in [0.1, 0.15) is 0 Å². The SMILES string of the molecule is CN(C)S(=O)(=O)c1cccc(NC(=O)C[NH+]2CC[C@H]3CCCC[C@@H]3C2)c1. The van der Waals surface area contributed by atoms with Gasteiger partial charge in [-0.25, -0.2) is 12.7 Å². The van der Waals surface area contributed by atoms with E-state index in [1.807, 2.05) is 0 Å². The largest absolute Gasteiger partial charge is 0.327 e. The van der Waals surface area contributed by atoms with Gasteiger partial charge in [0.05, 0.1) is 18.0 Å². The molecule has 0 aromatic heterocycles. The minimum Gasteiger partial charge on any atom is -0.327 e. The second kappa shape index (κ2) is 8.06. The minimum absolute atomic E-state index is 0.0475. The fourth-order valence-corrected chi connectivity index (χ4v) is 5.28. The first-order valence-electron chi connectivity index (χ1n) is 9.52. The summed E-state index contributed by atoms with van der Waals surface area (Å²) in [6, 6.07) is 6.46. The van der Waals surface area contributed by atoms with E-state index < -0.39 is 10.0 Å². The van der Waals surface area contributed by atoms with Crippen molar-refractivity contribution in [3.63, 3.8) is 0 Å². The molecule has 6 nitrogen and oxygen atoms in total. The molecule has 1 aromatic carbocycles. The first kappa shape index (κ1) is 19.3. The second-order valence-corrected chi connectivity index (χ2v) is 9.99. The Balaban J connectivity index is 1.58. The summed E-state index contributed by atoms with van der Waals surface area (Å²) in [5.41, 5.74) is 0.532. The molecular weight excluding hydrogens is 350 g/mol. The number of likely N-dealkylation sites (tertiary alicyclic amines) is 1. The number of fused-ring (bicyclic) bond motifs is 1. The van der Waals surface area contributed by atoms with Gasteiger partial charge in [-0.3, -0.25) is 4.79 Å². The highest BCUT2D eigenvalue weighted by Gasteiger charge is 2.34. The first-order valence-corrected chi connectivity index (χ1v) is 11.0. The molecule has 1 aromatic rings. The van der Waals surface area contributed by atoms with Crippen molar-refractivity contribution < 1.29 is 18.1 Å². The maximum Gasteiger partial charge on any atom is 0.279 e. The van der Waals surface area contributed by atoms with Gasteiger partial charge in [0.25, 0.3) is 5.91 Å². The molecule has 7 heteroatoms. The quantitative estimate of drug-likeness (QED) is 0.800. The van der Waals surface area contributed by atoms with E-state index in [1.54, 1.807) is 18.2 Å². The van der Waals surface area contributed by atoms with E-state index in [0.29, 0.717) is 12.2 Å². The van der Waals surface area contributed by atoms with Crippen molar-refractivity contribution >= 4 is 21.6 Å². The summed E-state index contributed by atoms with van der Waals surface area (Å²) in [6.07, 6.45) is 6.58. The van der Waals surface area contributed by atoms with Gasteiger partial charge < -0.3 is 10.2 Å². The Morgan fingerprint density at radius 3 is 2.65 bits per heavy atom. The zero-order valence-electron chi connectivity index (χ0n) is 15.7. The van der Waals surface area contributed by atoms with Gasteiger partial charge >= 0.3 is 0 Å². The Morgan fingerprint density at radius 1 is 1.19 bits per heavy atom. The number of sulfonamides is 1. The van der Waals surface area contributed by atoms with E-state index >= 15 is 0 Å². The van der Waals surface area contributed by atoms with Gasteiger partial charge in [-0.15, -0.1) is 0 Å². The third kappa shape index (κ3) is 4.45. The normalized spacial score (nSPS) is 26.3. The van der Waals surface area contributed by atoms with E-state index in [0.717, 1.165) is 24.9 Å². The Bertz CT molecular complexity index is 748. The van der Waals surface area contributed by atoms with Crippen molar-refractivity contribution in [3.05, 3.63) is 24.3 Å². The van der Waals surface area contributed by atoms with E-state index in [9.17, 15) is 13.2 Å². The van der Waals surface area contributed by atoms with Gasteiger partial charge in [-0.2, -0.15) is 0 Å². The topological polar surface area (TPSA) is 70.9 Å². The van der Waals surface area contributed by atoms with Crippen molar-refractivity contribution in [1.82, 2.24) is 4.31 Å². The predicted octanol–water partition coefficient (Wildman–Crippen LogP) is 0.970. The van der Waals surface area contributed by atoms with Crippen molar-refractivity contribution in [2.75, 3.05) is 39.0 Å². The van der Waals surface area contributed by atoms with Crippen LogP contribution < -0.4 is 10.2 Å². The number of benzene rings is 1. The molecule has 0 bridgehead atoms. The summed E-state index contributed by atoms with van der Waals surface area (Å²) in [6.45, 7) is 2.60. The summed E-state index contributed by atoms with van der Waals surface area (Å²) in [5.74, 6) is 1.59. The molecule has 3 rings (SSSR count). The van der Waals surface area contributed by atoms with Gasteiger partial charge in [-0.05, 0) is 43.4 Å². The highest BCUT2D eigenvalue weighted by molar-refractivity contribution is 7.89. The van der Waals surface area contributed by atoms with Crippen LogP contribution in [0.25, 0.3) is 0 Å². The van der Waals surface area contributed by atoms with E-state index in [4.69, 9.17) is 0 Å². The molecule has 0 spiro atoms. The van der Waals surface area contributed by atoms with Crippen LogP contribution in [0.15, 0.2) is 29.2 Å². The molecule has 2 N–H and O–H groups in total. The van der Waals surface area contributed by atoms with Gasteiger partial charge in [-0.1, -0.05) is 18.9 Å². The summed E-state index contributed by atoms with van der Waals surface area (Å²) in [5, 5.41) is 2.87. The fraction of sp³-hybridized carbons (Fsp3) is 0.632. The number of quaternary nitrogens is 1. The van der Waals surface area contributed by atoms with Crippen LogP contribution >= 0.6 is 0 Å². The molecule has 3 atom stereocenters. The second-order valence-electron chi connectivity index (χ2n) is 7.84. The molecule has 1 saturated carbocycles. The Kier molecular flexibility index (Phi) is 5.99. The smallest absolute Gasteiger partial charge is 0.279 e. The number of nitrogens with zero attached hydrogens (tertiary/aromatic N) is 1. The van der Waals surface area contributed by atoms with Gasteiger partial charge in [0.15, 0.2) is 6.54 Å². The van der Waals surface area contributed by atoms with E-state index in [1.165, 1.54) is 61.5 Å². The van der Waals surface area contributed by atoms with Crippen LogP contribution in [0.5, 0.6) is 0 Å². The number of rotatable bonds is 5. The van der Waals surface area contributed by atoms with Crippen molar-refractivity contribution in [2.24, 2.45) is 11.8 Å². The van der Waals surface area contributed by atoms with Crippen LogP contribution in [-0.2, 0) is 14.8 Å². The first-order chi connectivity index (χ1) is 12.4. The number of hydrogen-bond donors (Lipinski definition) is 2. The highest BCUT2D eigenvalue weighted by atomic mass is 32.2. The molecular formula is C19H30N3O3S+. The van der Waals surface area contributed by atoms with Crippen LogP contribution in [0.4, 0.5) is 5.69 Å². The maximum atomic E-state index is 12.4. The molecule has 0 radical (unpaired) electrons. The summed E-state index contributed by atoms with van der Waals surface area (Å²) >= 11 is 0. The van der Waals surface area contributed by atoms with Crippen LogP contribution in [0.2, 0.25) is 0 Å². The molecule has 144 valence electrons. The van der Waals surface area contributed by atoms with Crippen LogP contribution in [-0.4, -0.2) is 52.4 Å². The van der Waals surface area contributed by atoms with Crippen LogP contribution in [0, 0.1) is 11.8 Å². The molecule has 1 aliphatic heterocycles. The predicted molar refractivity (Wildman–Crippen MR) is 102 cm³/mol. The average molecular weight is 381 g/mol. The number of carbonyl (C=O) groups excluding carboxylic acids is 1. The molecule has 1 amide bonds. The Morgan fingerprint density at radius 2 is 1.92 bits per heavy atom. The molecule has 2 aliphatic rings. The number of carbonyl (C=O) groups is 1. The molecule has 26 heavy (non-hydrogen) atoms. The monoisotopic (exact) mass is 380 g/mol. The molecule has 1 aliphatic carbocycles. The zero-order valence-corrected chi connectivity index (χ0v) is 16.5. The third-order valence-electron chi connectivity index (χ3n) is 5.79. The van der Waals surface area contributed by atoms with Crippen molar-refractivity contribution in [2.45, 2.75) is 37.0 Å². The third-order valence-corrected chi connectivity index (χ3v) is 7.60. The maximum absolute atomic E-state index is 12.4. The molecule has 1 saturated heterocycles. The lowest BCUT2D eigenvalue weighted by molar-refractivity contribution is -0.902. The zero-order chi connectivity index (χ0) is 18.7. The number of anilines is 1. The average Bonchev–Trinajstić information content (AvgIpc) is 2.61. The van der Waals surface area contributed by atoms with Crippen LogP contribution in [0.3, 0.4) is 0 Å². The summed E-state index contributed by atoms with van der Waals surface area (Å²) in [4.78, 5) is 14.0. The number of hydrogen-bond acceptors (Lipinski definition) is 3. The van der Waals surface area contributed by atoms with Crippen LogP contribution in [0.1, 0.15) is 32.1 Å². The number of amides is 1. The fourth-order valence-electron chi connectivity index (χ4n) is 4.33. The minimum atomic E-state index is -3.50. The highest BCUT2D eigenvalue weighted by Crippen LogP contribution is 2.32. The number of piperidine rings is 1.